The molecule has 4 heterocycles. The van der Waals surface area contributed by atoms with E-state index in [2.05, 4.69) is 33.4 Å². The summed E-state index contributed by atoms with van der Waals surface area (Å²) in [5, 5.41) is 21.7. The molecule has 0 spiro atoms. The van der Waals surface area contributed by atoms with Crippen LogP contribution in [0, 0.1) is 23.0 Å². The summed E-state index contributed by atoms with van der Waals surface area (Å²) in [4.78, 5) is 32.8. The smallest absolute Gasteiger partial charge is 0.254 e. The van der Waals surface area contributed by atoms with Gasteiger partial charge < -0.3 is 15.1 Å². The molecular weight excluding hydrogens is 623 g/mol. The summed E-state index contributed by atoms with van der Waals surface area (Å²) in [5.74, 6) is -1.50. The molecule has 1 fully saturated rings. The first-order valence-corrected chi connectivity index (χ1v) is 14.4. The van der Waals surface area contributed by atoms with Gasteiger partial charge in [0.15, 0.2) is 0 Å². The van der Waals surface area contributed by atoms with Crippen LogP contribution in [0.2, 0.25) is 0 Å². The third kappa shape index (κ3) is 6.65. The number of nitrogens with zero attached hydrogens (tertiary/aromatic N) is 6. The van der Waals surface area contributed by atoms with E-state index in [1.54, 1.807) is 34.1 Å². The summed E-state index contributed by atoms with van der Waals surface area (Å²) in [7, 11) is 0. The standard InChI is InChI=1S/C32H33F2N7O2.2ClH/c1-19-14-39(24(13-36-19)15-40-16-26-21(12-35)5-4-6-25(26)31(40)43)17-29(42)41-18-32(2,3)30-28(41)11-23(37-38-30)9-20-7-8-22(33)10-27(20)34;;/h4-8,10-11,19,24,36H,9,13-18H2,1-3H3;2*1H/t19-,24-;;/m1../s1. The molecule has 1 N–H and O–H groups in total. The van der Waals surface area contributed by atoms with Gasteiger partial charge in [0.05, 0.1) is 35.3 Å². The zero-order valence-corrected chi connectivity index (χ0v) is 26.9. The Morgan fingerprint density at radius 3 is 2.67 bits per heavy atom. The Kier molecular flexibility index (Phi) is 10.1. The van der Waals surface area contributed by atoms with Crippen LogP contribution in [0.25, 0.3) is 0 Å². The second-order valence-corrected chi connectivity index (χ2v) is 12.4. The number of nitrogens with one attached hydrogen (secondary N) is 1. The van der Waals surface area contributed by atoms with E-state index in [1.165, 1.54) is 12.1 Å². The first-order chi connectivity index (χ1) is 20.5. The normalized spacial score (nSPS) is 20.1. The molecule has 0 radical (unpaired) electrons. The van der Waals surface area contributed by atoms with Crippen molar-refractivity contribution in [1.82, 2.24) is 25.3 Å². The maximum Gasteiger partial charge on any atom is 0.254 e. The highest BCUT2D eigenvalue weighted by molar-refractivity contribution is 5.99. The minimum absolute atomic E-state index is 0. The van der Waals surface area contributed by atoms with Gasteiger partial charge >= 0.3 is 0 Å². The Labute approximate surface area is 273 Å². The summed E-state index contributed by atoms with van der Waals surface area (Å²) in [6, 6.07) is 12.7. The van der Waals surface area contributed by atoms with E-state index in [0.717, 1.165) is 11.6 Å². The number of halogens is 4. The van der Waals surface area contributed by atoms with Crippen molar-refractivity contribution in [2.24, 2.45) is 0 Å². The van der Waals surface area contributed by atoms with Crippen LogP contribution in [0.15, 0.2) is 42.5 Å². The van der Waals surface area contributed by atoms with E-state index in [0.29, 0.717) is 66.5 Å². The minimum atomic E-state index is -0.655. The molecule has 3 aliphatic heterocycles. The van der Waals surface area contributed by atoms with E-state index in [4.69, 9.17) is 0 Å². The van der Waals surface area contributed by atoms with E-state index >= 15 is 0 Å². The summed E-state index contributed by atoms with van der Waals surface area (Å²) in [5.41, 5.74) is 3.52. The molecule has 45 heavy (non-hydrogen) atoms. The molecule has 0 saturated carbocycles. The number of aromatic nitrogens is 2. The molecule has 1 aromatic heterocycles. The lowest BCUT2D eigenvalue weighted by atomic mass is 9.91. The lowest BCUT2D eigenvalue weighted by Gasteiger charge is -2.41. The summed E-state index contributed by atoms with van der Waals surface area (Å²) in [6.07, 6.45) is 0.117. The zero-order valence-electron chi connectivity index (χ0n) is 25.2. The van der Waals surface area contributed by atoms with Gasteiger partial charge in [-0.3, -0.25) is 14.5 Å². The van der Waals surface area contributed by atoms with Crippen LogP contribution >= 0.6 is 24.8 Å². The third-order valence-corrected chi connectivity index (χ3v) is 8.66. The second-order valence-electron chi connectivity index (χ2n) is 12.4. The van der Waals surface area contributed by atoms with Gasteiger partial charge in [-0.15, -0.1) is 24.8 Å². The van der Waals surface area contributed by atoms with Crippen molar-refractivity contribution in [3.63, 3.8) is 0 Å². The molecule has 3 aliphatic rings. The fourth-order valence-electron chi connectivity index (χ4n) is 6.39. The fraction of sp³-hybridized carbons (Fsp3) is 0.406. The number of carbonyl (C=O) groups excluding carboxylic acids is 2. The monoisotopic (exact) mass is 657 g/mol. The maximum absolute atomic E-state index is 14.3. The molecule has 238 valence electrons. The Hall–Kier alpha value is -3.69. The average molecular weight is 659 g/mol. The van der Waals surface area contributed by atoms with Gasteiger partial charge in [0.2, 0.25) is 5.91 Å². The minimum Gasteiger partial charge on any atom is -0.333 e. The molecule has 2 atom stereocenters. The highest BCUT2D eigenvalue weighted by Crippen LogP contribution is 2.39. The van der Waals surface area contributed by atoms with Crippen molar-refractivity contribution >= 4 is 42.3 Å². The molecule has 3 aromatic rings. The van der Waals surface area contributed by atoms with E-state index < -0.39 is 17.0 Å². The van der Waals surface area contributed by atoms with Crippen LogP contribution in [0.1, 0.15) is 59.2 Å². The predicted molar refractivity (Wildman–Crippen MR) is 170 cm³/mol. The summed E-state index contributed by atoms with van der Waals surface area (Å²) >= 11 is 0. The Morgan fingerprint density at radius 2 is 1.93 bits per heavy atom. The molecule has 9 nitrogen and oxygen atoms in total. The predicted octanol–water partition coefficient (Wildman–Crippen LogP) is 4.00. The fourth-order valence-corrected chi connectivity index (χ4v) is 6.39. The molecule has 0 aliphatic carbocycles. The number of rotatable bonds is 6. The van der Waals surface area contributed by atoms with Gasteiger partial charge in [-0.1, -0.05) is 26.0 Å². The number of benzene rings is 2. The maximum atomic E-state index is 14.3. The Bertz CT molecular complexity index is 1660. The largest absolute Gasteiger partial charge is 0.333 e. The number of nitriles is 1. The Balaban J connectivity index is 0.00000230. The van der Waals surface area contributed by atoms with Gasteiger partial charge in [0.25, 0.3) is 5.91 Å². The van der Waals surface area contributed by atoms with E-state index in [-0.39, 0.29) is 61.7 Å². The quantitative estimate of drug-likeness (QED) is 0.427. The molecule has 6 rings (SSSR count). The number of anilines is 1. The first kappa shape index (κ1) is 34.2. The number of amides is 2. The van der Waals surface area contributed by atoms with Gasteiger partial charge in [0, 0.05) is 73.8 Å². The molecule has 0 bridgehead atoms. The number of hydrogen-bond donors (Lipinski definition) is 1. The highest BCUT2D eigenvalue weighted by atomic mass is 35.5. The number of fused-ring (bicyclic) bond motifs is 2. The third-order valence-electron chi connectivity index (χ3n) is 8.66. The molecule has 13 heteroatoms. The number of hydrogen-bond acceptors (Lipinski definition) is 7. The van der Waals surface area contributed by atoms with Crippen LogP contribution in [0.4, 0.5) is 14.5 Å². The Morgan fingerprint density at radius 1 is 1.16 bits per heavy atom. The van der Waals surface area contributed by atoms with Gasteiger partial charge in [-0.05, 0) is 36.8 Å². The van der Waals surface area contributed by atoms with Gasteiger partial charge in [-0.25, -0.2) is 8.78 Å². The average Bonchev–Trinajstić information content (AvgIpc) is 3.43. The van der Waals surface area contributed by atoms with Crippen molar-refractivity contribution in [1.29, 1.82) is 5.26 Å². The van der Waals surface area contributed by atoms with Crippen molar-refractivity contribution < 1.29 is 18.4 Å². The zero-order chi connectivity index (χ0) is 30.5. The van der Waals surface area contributed by atoms with Crippen LogP contribution in [0.5, 0.6) is 0 Å². The van der Waals surface area contributed by atoms with Crippen LogP contribution < -0.4 is 10.2 Å². The molecule has 2 aromatic carbocycles. The number of carbonyl (C=O) groups is 2. The first-order valence-electron chi connectivity index (χ1n) is 14.4. The van der Waals surface area contributed by atoms with Gasteiger partial charge in [-0.2, -0.15) is 15.5 Å². The second kappa shape index (κ2) is 13.3. The molecule has 1 saturated heterocycles. The number of piperazine rings is 1. The summed E-state index contributed by atoms with van der Waals surface area (Å²) in [6.45, 7) is 8.69. The molecule has 0 unspecified atom stereocenters. The van der Waals surface area contributed by atoms with Gasteiger partial charge in [0.1, 0.15) is 11.6 Å². The van der Waals surface area contributed by atoms with Crippen LogP contribution in [-0.4, -0.2) is 76.6 Å². The molecular formula is C32H35Cl2F2N7O2. The van der Waals surface area contributed by atoms with E-state index in [1.807, 2.05) is 13.8 Å². The SMILES string of the molecule is C[C@@H]1CN(CC(=O)N2CC(C)(C)c3nnc(Cc4ccc(F)cc4F)cc32)[C@@H](CN2Cc3c(C#N)cccc3C2=O)CN1.Cl.Cl. The summed E-state index contributed by atoms with van der Waals surface area (Å²) < 4.78 is 27.8. The van der Waals surface area contributed by atoms with Crippen molar-refractivity contribution in [2.45, 2.75) is 51.2 Å². The van der Waals surface area contributed by atoms with E-state index in [9.17, 15) is 23.6 Å². The lowest BCUT2D eigenvalue weighted by molar-refractivity contribution is -0.120. The lowest BCUT2D eigenvalue weighted by Crippen LogP contribution is -2.60. The highest BCUT2D eigenvalue weighted by Gasteiger charge is 2.42. The van der Waals surface area contributed by atoms with Crippen molar-refractivity contribution in [3.05, 3.63) is 87.7 Å². The molecule has 2 amide bonds. The van der Waals surface area contributed by atoms with Crippen LogP contribution in [-0.2, 0) is 23.2 Å². The van der Waals surface area contributed by atoms with Crippen molar-refractivity contribution in [2.75, 3.05) is 37.6 Å². The van der Waals surface area contributed by atoms with Crippen molar-refractivity contribution in [3.8, 4) is 6.07 Å². The van der Waals surface area contributed by atoms with Crippen LogP contribution in [0.3, 0.4) is 0 Å². The topological polar surface area (TPSA) is 105 Å².